The summed E-state index contributed by atoms with van der Waals surface area (Å²) in [6, 6.07) is 0. The molecule has 0 radical (unpaired) electrons. The van der Waals surface area contributed by atoms with Gasteiger partial charge in [-0.05, 0) is 25.5 Å². The van der Waals surface area contributed by atoms with E-state index in [0.717, 1.165) is 6.42 Å². The van der Waals surface area contributed by atoms with Crippen LogP contribution in [0.3, 0.4) is 0 Å². The van der Waals surface area contributed by atoms with Gasteiger partial charge in [0.2, 0.25) is 0 Å². The smallest absolute Gasteiger partial charge is 0.306 e. The molecule has 0 fully saturated rings. The van der Waals surface area contributed by atoms with E-state index in [1.165, 1.54) is 0 Å². The maximum absolute atomic E-state index is 10.9. The van der Waals surface area contributed by atoms with Gasteiger partial charge in [0.25, 0.3) is 0 Å². The molecule has 0 aromatic rings. The average Bonchev–Trinajstić information content (AvgIpc) is 2.17. The number of hydrogen-bond donors (Lipinski definition) is 2. The van der Waals surface area contributed by atoms with E-state index in [2.05, 4.69) is 0 Å². The van der Waals surface area contributed by atoms with Crippen molar-refractivity contribution in [1.29, 1.82) is 0 Å². The highest BCUT2D eigenvalue weighted by atomic mass is 32.2. The molecule has 0 aromatic carbocycles. The summed E-state index contributed by atoms with van der Waals surface area (Å²) in [4.78, 5) is 21.2. The third-order valence-electron chi connectivity index (χ3n) is 2.39. The Morgan fingerprint density at radius 3 is 2.27 bits per heavy atom. The lowest BCUT2D eigenvalue weighted by Gasteiger charge is -2.17. The molecule has 0 amide bonds. The van der Waals surface area contributed by atoms with Crippen LogP contribution in [-0.2, 0) is 9.59 Å². The van der Waals surface area contributed by atoms with E-state index >= 15 is 0 Å². The number of carboxylic acid groups (broad SMARTS) is 2. The molecule has 0 spiro atoms. The zero-order chi connectivity index (χ0) is 11.8. The van der Waals surface area contributed by atoms with Gasteiger partial charge < -0.3 is 10.2 Å². The fraction of sp³-hybridized carbons (Fsp3) is 0.800. The summed E-state index contributed by atoms with van der Waals surface area (Å²) in [6.07, 6.45) is 3.58. The first-order valence-corrected chi connectivity index (χ1v) is 6.27. The van der Waals surface area contributed by atoms with Gasteiger partial charge in [-0.25, -0.2) is 0 Å². The SMILES string of the molecule is CCC(CC(CCC(=O)O)C(=O)O)SC. The number of thioether (sulfide) groups is 1. The Labute approximate surface area is 94.1 Å². The summed E-state index contributed by atoms with van der Waals surface area (Å²) < 4.78 is 0. The van der Waals surface area contributed by atoms with Crippen LogP contribution in [0.15, 0.2) is 0 Å². The molecular weight excluding hydrogens is 216 g/mol. The van der Waals surface area contributed by atoms with E-state index in [9.17, 15) is 9.59 Å². The van der Waals surface area contributed by atoms with Crippen molar-refractivity contribution >= 4 is 23.7 Å². The van der Waals surface area contributed by atoms with Crippen LogP contribution in [0.1, 0.15) is 32.6 Å². The zero-order valence-electron chi connectivity index (χ0n) is 9.10. The molecule has 0 aliphatic rings. The summed E-state index contributed by atoms with van der Waals surface area (Å²) in [5.74, 6) is -2.35. The Balaban J connectivity index is 4.14. The lowest BCUT2D eigenvalue weighted by molar-refractivity contribution is -0.143. The molecule has 5 heteroatoms. The number of rotatable bonds is 8. The number of hydrogen-bond acceptors (Lipinski definition) is 3. The Morgan fingerprint density at radius 1 is 1.33 bits per heavy atom. The van der Waals surface area contributed by atoms with Crippen LogP contribution in [0.5, 0.6) is 0 Å². The van der Waals surface area contributed by atoms with E-state index in [-0.39, 0.29) is 12.8 Å². The minimum absolute atomic E-state index is 0.0677. The third kappa shape index (κ3) is 6.38. The fourth-order valence-electron chi connectivity index (χ4n) is 1.39. The monoisotopic (exact) mass is 234 g/mol. The normalized spacial score (nSPS) is 14.5. The van der Waals surface area contributed by atoms with Crippen molar-refractivity contribution in [3.8, 4) is 0 Å². The van der Waals surface area contributed by atoms with Crippen molar-refractivity contribution in [3.05, 3.63) is 0 Å². The van der Waals surface area contributed by atoms with Gasteiger partial charge in [-0.15, -0.1) is 0 Å². The second-order valence-corrected chi connectivity index (χ2v) is 4.61. The summed E-state index contributed by atoms with van der Waals surface area (Å²) >= 11 is 1.64. The largest absolute Gasteiger partial charge is 0.481 e. The molecule has 88 valence electrons. The van der Waals surface area contributed by atoms with Crippen molar-refractivity contribution in [3.63, 3.8) is 0 Å². The van der Waals surface area contributed by atoms with Crippen molar-refractivity contribution in [1.82, 2.24) is 0 Å². The minimum atomic E-state index is -0.932. The van der Waals surface area contributed by atoms with Gasteiger partial charge in [0.1, 0.15) is 0 Å². The molecule has 0 aliphatic carbocycles. The highest BCUT2D eigenvalue weighted by Gasteiger charge is 2.22. The van der Waals surface area contributed by atoms with Crippen LogP contribution in [-0.4, -0.2) is 33.7 Å². The maximum atomic E-state index is 10.9. The molecule has 0 saturated heterocycles. The molecule has 0 heterocycles. The molecule has 4 nitrogen and oxygen atoms in total. The standard InChI is InChI=1S/C10H18O4S/c1-3-8(15-2)6-7(10(13)14)4-5-9(11)12/h7-8H,3-6H2,1-2H3,(H,11,12)(H,13,14). The van der Waals surface area contributed by atoms with Crippen molar-refractivity contribution in [2.45, 2.75) is 37.9 Å². The first-order chi connectivity index (χ1) is 7.01. The summed E-state index contributed by atoms with van der Waals surface area (Å²) in [6.45, 7) is 2.01. The van der Waals surface area contributed by atoms with E-state index in [4.69, 9.17) is 10.2 Å². The quantitative estimate of drug-likeness (QED) is 0.672. The molecule has 2 atom stereocenters. The molecular formula is C10H18O4S. The van der Waals surface area contributed by atoms with Gasteiger partial charge in [0.15, 0.2) is 0 Å². The molecule has 15 heavy (non-hydrogen) atoms. The van der Waals surface area contributed by atoms with Gasteiger partial charge in [-0.1, -0.05) is 6.92 Å². The lowest BCUT2D eigenvalue weighted by atomic mass is 9.97. The van der Waals surface area contributed by atoms with Gasteiger partial charge >= 0.3 is 11.9 Å². The van der Waals surface area contributed by atoms with Crippen LogP contribution in [0.25, 0.3) is 0 Å². The average molecular weight is 234 g/mol. The van der Waals surface area contributed by atoms with Crippen LogP contribution in [0.4, 0.5) is 0 Å². The Kier molecular flexibility index (Phi) is 7.21. The summed E-state index contributed by atoms with van der Waals surface area (Å²) in [5.41, 5.74) is 0. The van der Waals surface area contributed by atoms with E-state index in [0.29, 0.717) is 11.7 Å². The van der Waals surface area contributed by atoms with Crippen molar-refractivity contribution < 1.29 is 19.8 Å². The van der Waals surface area contributed by atoms with Crippen LogP contribution < -0.4 is 0 Å². The molecule has 0 saturated carbocycles. The van der Waals surface area contributed by atoms with Crippen LogP contribution in [0, 0.1) is 5.92 Å². The van der Waals surface area contributed by atoms with Crippen molar-refractivity contribution in [2.24, 2.45) is 5.92 Å². The van der Waals surface area contributed by atoms with E-state index in [1.54, 1.807) is 11.8 Å². The Morgan fingerprint density at radius 2 is 1.93 bits per heavy atom. The fourth-order valence-corrected chi connectivity index (χ4v) is 2.14. The molecule has 2 unspecified atom stereocenters. The van der Waals surface area contributed by atoms with E-state index < -0.39 is 17.9 Å². The second-order valence-electron chi connectivity index (χ2n) is 3.47. The third-order valence-corrected chi connectivity index (χ3v) is 3.58. The predicted molar refractivity (Wildman–Crippen MR) is 60.2 cm³/mol. The number of aliphatic carboxylic acids is 2. The topological polar surface area (TPSA) is 74.6 Å². The first kappa shape index (κ1) is 14.3. The van der Waals surface area contributed by atoms with Gasteiger partial charge in [0.05, 0.1) is 5.92 Å². The van der Waals surface area contributed by atoms with Gasteiger partial charge in [-0.2, -0.15) is 11.8 Å². The minimum Gasteiger partial charge on any atom is -0.481 e. The number of carbonyl (C=O) groups is 2. The van der Waals surface area contributed by atoms with E-state index in [1.807, 2.05) is 13.2 Å². The maximum Gasteiger partial charge on any atom is 0.306 e. The zero-order valence-corrected chi connectivity index (χ0v) is 9.92. The van der Waals surface area contributed by atoms with Crippen LogP contribution in [0.2, 0.25) is 0 Å². The van der Waals surface area contributed by atoms with Gasteiger partial charge in [0, 0.05) is 11.7 Å². The first-order valence-electron chi connectivity index (χ1n) is 4.98. The molecule has 0 rings (SSSR count). The van der Waals surface area contributed by atoms with Gasteiger partial charge in [-0.3, -0.25) is 9.59 Å². The second kappa shape index (κ2) is 7.56. The Bertz CT molecular complexity index is 213. The summed E-state index contributed by atoms with van der Waals surface area (Å²) in [7, 11) is 0. The lowest BCUT2D eigenvalue weighted by Crippen LogP contribution is -2.20. The van der Waals surface area contributed by atoms with Crippen molar-refractivity contribution in [2.75, 3.05) is 6.26 Å². The predicted octanol–water partition coefficient (Wildman–Crippen LogP) is 2.08. The van der Waals surface area contributed by atoms with Crippen LogP contribution >= 0.6 is 11.8 Å². The number of carboxylic acids is 2. The molecule has 0 aliphatic heterocycles. The molecule has 0 aromatic heterocycles. The Hall–Kier alpha value is -0.710. The highest BCUT2D eigenvalue weighted by molar-refractivity contribution is 7.99. The summed E-state index contributed by atoms with van der Waals surface area (Å²) in [5, 5.41) is 17.7. The molecule has 2 N–H and O–H groups in total. The molecule has 0 bridgehead atoms. The highest BCUT2D eigenvalue weighted by Crippen LogP contribution is 2.23.